The second-order valence-corrected chi connectivity index (χ2v) is 11.1. The van der Waals surface area contributed by atoms with Gasteiger partial charge in [0.15, 0.2) is 0 Å². The smallest absolute Gasteiger partial charge is 0.344 e. The predicted molar refractivity (Wildman–Crippen MR) is 160 cm³/mol. The third-order valence-corrected chi connectivity index (χ3v) is 7.71. The molecule has 6 nitrogen and oxygen atoms in total. The Hall–Kier alpha value is -3.04. The zero-order valence-electron chi connectivity index (χ0n) is 20.8. The van der Waals surface area contributed by atoms with Gasteiger partial charge in [-0.05, 0) is 61.9 Å². The van der Waals surface area contributed by atoms with Crippen molar-refractivity contribution in [1.82, 2.24) is 0 Å². The van der Waals surface area contributed by atoms with Crippen LogP contribution in [0.3, 0.4) is 0 Å². The highest BCUT2D eigenvalue weighted by molar-refractivity contribution is 9.10. The molecule has 0 spiro atoms. The Morgan fingerprint density at radius 1 is 1.10 bits per heavy atom. The van der Waals surface area contributed by atoms with E-state index in [4.69, 9.17) is 32.7 Å². The highest BCUT2D eigenvalue weighted by Crippen LogP contribution is 2.41. The lowest BCUT2D eigenvalue weighted by Gasteiger charge is -2.12. The van der Waals surface area contributed by atoms with Crippen molar-refractivity contribution < 1.29 is 24.2 Å². The van der Waals surface area contributed by atoms with Gasteiger partial charge in [0, 0.05) is 31.2 Å². The molecule has 39 heavy (non-hydrogen) atoms. The number of aryl methyl sites for hydroxylation is 1. The minimum Gasteiger partial charge on any atom is -0.506 e. The number of benzene rings is 3. The van der Waals surface area contributed by atoms with E-state index in [1.807, 2.05) is 12.1 Å². The van der Waals surface area contributed by atoms with Crippen molar-refractivity contribution in [3.63, 3.8) is 0 Å². The minimum absolute atomic E-state index is 0.0517. The lowest BCUT2D eigenvalue weighted by Crippen LogP contribution is -2.14. The number of rotatable bonds is 7. The minimum atomic E-state index is -0.773. The van der Waals surface area contributed by atoms with Gasteiger partial charge in [-0.25, -0.2) is 9.79 Å². The predicted octanol–water partition coefficient (Wildman–Crippen LogP) is 8.35. The van der Waals surface area contributed by atoms with Crippen LogP contribution >= 0.6 is 50.9 Å². The van der Waals surface area contributed by atoms with Crippen LogP contribution in [0.4, 0.5) is 0 Å². The molecular weight excluding hydrogens is 625 g/mol. The highest BCUT2D eigenvalue weighted by atomic mass is 79.9. The molecule has 1 heterocycles. The molecule has 10 heteroatoms. The van der Waals surface area contributed by atoms with Gasteiger partial charge in [-0.1, -0.05) is 75.2 Å². The first-order valence-corrected chi connectivity index (χ1v) is 14.1. The number of hydrogen-bond acceptors (Lipinski definition) is 6. The Balaban J connectivity index is 1.70. The number of aliphatic hydroxyl groups excluding tert-OH is 1. The highest BCUT2D eigenvalue weighted by Gasteiger charge is 2.34. The molecule has 0 fully saturated rings. The van der Waals surface area contributed by atoms with Crippen molar-refractivity contribution in [2.45, 2.75) is 20.5 Å². The van der Waals surface area contributed by atoms with Gasteiger partial charge in [-0.3, -0.25) is 4.79 Å². The molecule has 3 aromatic rings. The zero-order valence-corrected chi connectivity index (χ0v) is 24.7. The average molecular weight is 647 g/mol. The Morgan fingerprint density at radius 3 is 2.59 bits per heavy atom. The fourth-order valence-electron chi connectivity index (χ4n) is 3.66. The first kappa shape index (κ1) is 29.0. The van der Waals surface area contributed by atoms with Gasteiger partial charge in [0.1, 0.15) is 28.7 Å². The lowest BCUT2D eigenvalue weighted by molar-refractivity contribution is -0.138. The van der Waals surface area contributed by atoms with E-state index in [0.717, 1.165) is 27.4 Å². The number of hydrogen-bond donors (Lipinski definition) is 1. The van der Waals surface area contributed by atoms with Crippen molar-refractivity contribution in [3.8, 4) is 5.75 Å². The molecule has 200 valence electrons. The SMILES string of the molecule is CCOC(=O)C1=C(O)/C(=C/c2cc(Br)ccc2OCc2ccc(Cl)cc2Cl)SC1=NC(=O)c1ccccc1C. The number of carbonyl (C=O) groups excluding carboxylic acids is 2. The van der Waals surface area contributed by atoms with Crippen LogP contribution in [0.1, 0.15) is 34.0 Å². The van der Waals surface area contributed by atoms with Gasteiger partial charge in [0.05, 0.1) is 11.5 Å². The summed E-state index contributed by atoms with van der Waals surface area (Å²) in [6.45, 7) is 3.72. The third kappa shape index (κ3) is 6.94. The third-order valence-electron chi connectivity index (χ3n) is 5.61. The molecule has 3 aromatic carbocycles. The van der Waals surface area contributed by atoms with Crippen LogP contribution in [-0.2, 0) is 16.1 Å². The van der Waals surface area contributed by atoms with Crippen LogP contribution in [0, 0.1) is 6.92 Å². The number of amides is 1. The van der Waals surface area contributed by atoms with Crippen molar-refractivity contribution in [2.75, 3.05) is 6.61 Å². The number of aliphatic hydroxyl groups is 1. The van der Waals surface area contributed by atoms with Crippen molar-refractivity contribution in [2.24, 2.45) is 4.99 Å². The van der Waals surface area contributed by atoms with Crippen LogP contribution in [0.25, 0.3) is 6.08 Å². The molecule has 0 aromatic heterocycles. The summed E-state index contributed by atoms with van der Waals surface area (Å²) in [5, 5.41) is 12.1. The fourth-order valence-corrected chi connectivity index (χ4v) is 5.50. The van der Waals surface area contributed by atoms with Gasteiger partial charge < -0.3 is 14.6 Å². The molecule has 0 bridgehead atoms. The number of carbonyl (C=O) groups is 2. The van der Waals surface area contributed by atoms with E-state index >= 15 is 0 Å². The van der Waals surface area contributed by atoms with E-state index in [2.05, 4.69) is 20.9 Å². The van der Waals surface area contributed by atoms with Gasteiger partial charge in [-0.15, -0.1) is 0 Å². The monoisotopic (exact) mass is 645 g/mol. The van der Waals surface area contributed by atoms with Gasteiger partial charge in [0.25, 0.3) is 5.91 Å². The topological polar surface area (TPSA) is 85.2 Å². The summed E-state index contributed by atoms with van der Waals surface area (Å²) in [4.78, 5) is 30.2. The van der Waals surface area contributed by atoms with Crippen LogP contribution in [-0.4, -0.2) is 28.6 Å². The van der Waals surface area contributed by atoms with E-state index in [1.54, 1.807) is 68.5 Å². The summed E-state index contributed by atoms with van der Waals surface area (Å²) in [5.41, 5.74) is 2.33. The Bertz CT molecular complexity index is 1550. The number of aliphatic imine (C=N–C) groups is 1. The molecule has 1 N–H and O–H groups in total. The van der Waals surface area contributed by atoms with E-state index in [1.165, 1.54) is 0 Å². The van der Waals surface area contributed by atoms with Crippen LogP contribution in [0.5, 0.6) is 5.75 Å². The van der Waals surface area contributed by atoms with Gasteiger partial charge in [0.2, 0.25) is 0 Å². The molecule has 0 unspecified atom stereocenters. The maximum absolute atomic E-state index is 13.0. The number of ether oxygens (including phenoxy) is 2. The van der Waals surface area contributed by atoms with E-state index in [0.29, 0.717) is 31.8 Å². The van der Waals surface area contributed by atoms with E-state index < -0.39 is 11.9 Å². The van der Waals surface area contributed by atoms with E-state index in [-0.39, 0.29) is 29.6 Å². The maximum atomic E-state index is 13.0. The molecule has 4 rings (SSSR count). The summed E-state index contributed by atoms with van der Waals surface area (Å²) < 4.78 is 12.0. The average Bonchev–Trinajstić information content (AvgIpc) is 3.19. The molecule has 1 aliphatic rings. The fraction of sp³-hybridized carbons (Fsp3) is 0.138. The maximum Gasteiger partial charge on any atom is 0.344 e. The van der Waals surface area contributed by atoms with E-state index in [9.17, 15) is 14.7 Å². The van der Waals surface area contributed by atoms with Crippen molar-refractivity contribution in [3.05, 3.63) is 114 Å². The number of thioether (sulfide) groups is 1. The summed E-state index contributed by atoms with van der Waals surface area (Å²) in [5.74, 6) is -1.13. The molecule has 0 aliphatic carbocycles. The second kappa shape index (κ2) is 12.9. The molecule has 1 aliphatic heterocycles. The molecule has 1 amide bonds. The standard InChI is InChI=1S/C29H22BrCl2NO5S/c1-3-37-29(36)25-26(34)24(39-28(25)33-27(35)21-7-5-4-6-16(21)2)13-18-12-19(30)9-11-23(18)38-15-17-8-10-20(31)14-22(17)32/h4-14,34H,3,15H2,1-2H3/b24-13-,33-28?. The Kier molecular flexibility index (Phi) is 9.56. The molecule has 0 saturated heterocycles. The molecule has 0 radical (unpaired) electrons. The largest absolute Gasteiger partial charge is 0.506 e. The van der Waals surface area contributed by atoms with Gasteiger partial charge in [-0.2, -0.15) is 0 Å². The van der Waals surface area contributed by atoms with Crippen LogP contribution in [0.15, 0.2) is 86.4 Å². The Morgan fingerprint density at radius 2 is 1.87 bits per heavy atom. The number of halogens is 3. The van der Waals surface area contributed by atoms with Crippen molar-refractivity contribution in [1.29, 1.82) is 0 Å². The first-order valence-electron chi connectivity index (χ1n) is 11.7. The molecule has 0 saturated carbocycles. The summed E-state index contributed by atoms with van der Waals surface area (Å²) in [7, 11) is 0. The lowest BCUT2D eigenvalue weighted by atomic mass is 10.1. The molecule has 0 atom stereocenters. The van der Waals surface area contributed by atoms with Crippen LogP contribution < -0.4 is 4.74 Å². The number of nitrogens with zero attached hydrogens (tertiary/aromatic N) is 1. The zero-order chi connectivity index (χ0) is 28.1. The number of esters is 1. The summed E-state index contributed by atoms with van der Waals surface area (Å²) in [6.07, 6.45) is 1.66. The molecular formula is C29H22BrCl2NO5S. The summed E-state index contributed by atoms with van der Waals surface area (Å²) in [6, 6.07) is 17.5. The van der Waals surface area contributed by atoms with Crippen LogP contribution in [0.2, 0.25) is 10.0 Å². The first-order chi connectivity index (χ1) is 18.7. The second-order valence-electron chi connectivity index (χ2n) is 8.30. The normalized spacial score (nSPS) is 15.2. The van der Waals surface area contributed by atoms with Gasteiger partial charge >= 0.3 is 5.97 Å². The van der Waals surface area contributed by atoms with Crippen molar-refractivity contribution >= 4 is 73.9 Å². The Labute approximate surface area is 248 Å². The quantitative estimate of drug-likeness (QED) is 0.260. The summed E-state index contributed by atoms with van der Waals surface area (Å²) >= 11 is 16.7.